The van der Waals surface area contributed by atoms with Gasteiger partial charge in [0, 0.05) is 169 Å². The van der Waals surface area contributed by atoms with E-state index < -0.39 is 11.2 Å². The van der Waals surface area contributed by atoms with Crippen LogP contribution in [0.2, 0.25) is 5.15 Å². The van der Waals surface area contributed by atoms with Gasteiger partial charge in [-0.3, -0.25) is 19.2 Å². The predicted molar refractivity (Wildman–Crippen MR) is 372 cm³/mol. The van der Waals surface area contributed by atoms with Crippen molar-refractivity contribution in [2.75, 3.05) is 57.3 Å². The van der Waals surface area contributed by atoms with E-state index in [1.165, 1.54) is 0 Å². The van der Waals surface area contributed by atoms with E-state index in [1.54, 1.807) is 22.1 Å². The largest absolute Gasteiger partial charge is 0.444 e. The van der Waals surface area contributed by atoms with Crippen molar-refractivity contribution < 1.29 is 38.2 Å². The molecule has 19 heteroatoms. The maximum Gasteiger partial charge on any atom is 0.410 e. The van der Waals surface area contributed by atoms with Gasteiger partial charge in [-0.25, -0.2) is 19.6 Å². The fourth-order valence-electron chi connectivity index (χ4n) is 12.4. The molecule has 0 unspecified atom stereocenters. The Morgan fingerprint density at radius 1 is 0.613 bits per heavy atom. The number of hydrogen-bond acceptors (Lipinski definition) is 12. The highest BCUT2D eigenvalue weighted by atomic mass is 35.5. The van der Waals surface area contributed by atoms with Crippen LogP contribution in [-0.4, -0.2) is 140 Å². The Hall–Kier alpha value is -8.35. The predicted octanol–water partition coefficient (Wildman–Crippen LogP) is 14.4. The first kappa shape index (κ1) is 70.5. The van der Waals surface area contributed by atoms with E-state index in [0.717, 1.165) is 103 Å². The third-order valence-corrected chi connectivity index (χ3v) is 17.1. The summed E-state index contributed by atoms with van der Waals surface area (Å²) in [6.07, 6.45) is 12.1. The molecule has 2 atom stereocenters. The average molecular weight is 1290 g/mol. The Morgan fingerprint density at radius 3 is 1.45 bits per heavy atom. The Balaban J connectivity index is 0.000000205. The number of rotatable bonds is 11. The molecule has 4 amide bonds. The summed E-state index contributed by atoms with van der Waals surface area (Å²) < 4.78 is 15.2. The van der Waals surface area contributed by atoms with E-state index in [0.29, 0.717) is 65.9 Å². The van der Waals surface area contributed by atoms with Crippen molar-refractivity contribution in [1.82, 2.24) is 44.9 Å². The molecule has 2 saturated heterocycles. The zero-order chi connectivity index (χ0) is 68.1. The summed E-state index contributed by atoms with van der Waals surface area (Å²) in [5.41, 5.74) is 13.0. The standard InChI is InChI=1S/C37H47N5O4.C27H28ClN3O2.C10H20N2O2/c1-22(2)42-20-25(5)34-29(35(44)39-19-30-24(4)14-23(3)15-32(30)43)16-28(17-31(34)42)27-10-11-33(38-18-27)41-13-12-40(21-26(41)6)36(45)46-37(7,8)9;1-15(2)31-14-18(5)26-21(10-20(11-23(26)31)19-6-7-25(28)29-12-19)27(33)30-13-22-17(4)8-16(3)9-24(22)32;1-8-7-12(6-5-11-8)9(13)14-10(2,3)4/h10-11,14,16-18,20,22,26H,12-13,15,19,21H2,1-9H3,(H,39,44);6-8,10-12,14-15H,9,13H2,1-5H3,(H,30,33);8,11H,5-7H2,1-4H3/t26-;;8-/m1.1/s1. The van der Waals surface area contributed by atoms with Crippen molar-refractivity contribution in [3.8, 4) is 22.3 Å². The zero-order valence-corrected chi connectivity index (χ0v) is 58.5. The number of hydrogen-bond donors (Lipinski definition) is 3. The number of ether oxygens (including phenoxy) is 2. The summed E-state index contributed by atoms with van der Waals surface area (Å²) in [7, 11) is 0. The van der Waals surface area contributed by atoms with Crippen molar-refractivity contribution in [2.24, 2.45) is 0 Å². The molecule has 2 aliphatic heterocycles. The summed E-state index contributed by atoms with van der Waals surface area (Å²) in [5.74, 6) is 0.558. The number of halogens is 1. The zero-order valence-electron chi connectivity index (χ0n) is 57.7. The lowest BCUT2D eigenvalue weighted by Crippen LogP contribution is -2.54. The Morgan fingerprint density at radius 2 is 1.06 bits per heavy atom. The van der Waals surface area contributed by atoms with Crippen LogP contribution in [0, 0.1) is 13.8 Å². The Kier molecular flexibility index (Phi) is 22.2. The smallest absolute Gasteiger partial charge is 0.410 e. The topological polar surface area (TPSA) is 202 Å². The molecule has 4 aromatic heterocycles. The maximum atomic E-state index is 13.8. The van der Waals surface area contributed by atoms with Gasteiger partial charge in [-0.1, -0.05) is 34.9 Å². The maximum absolute atomic E-state index is 13.8. The third kappa shape index (κ3) is 17.5. The van der Waals surface area contributed by atoms with E-state index >= 15 is 0 Å². The van der Waals surface area contributed by atoms with Gasteiger partial charge in [-0.05, 0) is 207 Å². The molecule has 4 aliphatic rings. The first-order chi connectivity index (χ1) is 43.7. The van der Waals surface area contributed by atoms with Gasteiger partial charge < -0.3 is 49.3 Å². The molecule has 2 fully saturated rings. The molecular weight excluding hydrogens is 1190 g/mol. The van der Waals surface area contributed by atoms with Gasteiger partial charge in [0.25, 0.3) is 11.8 Å². The number of carbonyl (C=O) groups excluding carboxylic acids is 6. The number of aromatic nitrogens is 4. The molecule has 3 N–H and O–H groups in total. The van der Waals surface area contributed by atoms with E-state index in [2.05, 4.69) is 101 Å². The number of nitrogens with zero attached hydrogens (tertiary/aromatic N) is 7. The van der Waals surface area contributed by atoms with E-state index in [9.17, 15) is 28.8 Å². The number of Topliss-reactive ketones (excluding diaryl/α,β-unsaturated/α-hetero) is 2. The molecule has 0 spiro atoms. The number of ketones is 2. The molecule has 2 aromatic carbocycles. The molecule has 6 aromatic rings. The van der Waals surface area contributed by atoms with Crippen molar-refractivity contribution >= 4 is 74.8 Å². The van der Waals surface area contributed by atoms with Crippen LogP contribution in [0.1, 0.15) is 168 Å². The normalized spacial score (nSPS) is 17.3. The quantitative estimate of drug-likeness (QED) is 0.104. The Labute approximate surface area is 553 Å². The van der Waals surface area contributed by atoms with Gasteiger partial charge in [0.2, 0.25) is 0 Å². The summed E-state index contributed by atoms with van der Waals surface area (Å²) in [6.45, 7) is 40.2. The minimum Gasteiger partial charge on any atom is -0.444 e. The van der Waals surface area contributed by atoms with Gasteiger partial charge in [0.1, 0.15) is 22.2 Å². The van der Waals surface area contributed by atoms with Gasteiger partial charge in [0.15, 0.2) is 11.6 Å². The van der Waals surface area contributed by atoms with Crippen molar-refractivity contribution in [1.29, 1.82) is 0 Å². The number of fused-ring (bicyclic) bond motifs is 2. The second kappa shape index (κ2) is 29.3. The molecular formula is C74H95ClN10O8. The molecule has 6 heterocycles. The van der Waals surface area contributed by atoms with Crippen LogP contribution in [0.4, 0.5) is 15.4 Å². The Bertz CT molecular complexity index is 3960. The molecule has 18 nitrogen and oxygen atoms in total. The fourth-order valence-corrected chi connectivity index (χ4v) is 12.5. The van der Waals surface area contributed by atoms with Gasteiger partial charge in [-0.2, -0.15) is 0 Å². The van der Waals surface area contributed by atoms with Crippen molar-refractivity contribution in [2.45, 2.75) is 173 Å². The molecule has 93 heavy (non-hydrogen) atoms. The number of amides is 4. The third-order valence-electron chi connectivity index (χ3n) is 16.9. The number of piperazine rings is 2. The van der Waals surface area contributed by atoms with Crippen molar-refractivity contribution in [3.05, 3.63) is 146 Å². The molecule has 496 valence electrons. The van der Waals surface area contributed by atoms with E-state index in [4.69, 9.17) is 26.1 Å². The molecule has 0 saturated carbocycles. The number of carbonyl (C=O) groups is 6. The van der Waals surface area contributed by atoms with Crippen LogP contribution in [0.5, 0.6) is 0 Å². The lowest BCUT2D eigenvalue weighted by molar-refractivity contribution is -0.116. The lowest BCUT2D eigenvalue weighted by atomic mass is 9.92. The molecule has 0 radical (unpaired) electrons. The summed E-state index contributed by atoms with van der Waals surface area (Å²) in [5, 5.41) is 11.6. The van der Waals surface area contributed by atoms with Crippen LogP contribution < -0.4 is 20.9 Å². The minimum atomic E-state index is -0.532. The first-order valence-electron chi connectivity index (χ1n) is 32.4. The van der Waals surface area contributed by atoms with Gasteiger partial charge >= 0.3 is 12.2 Å². The number of benzene rings is 2. The number of nitrogens with one attached hydrogen (secondary N) is 3. The highest BCUT2D eigenvalue weighted by molar-refractivity contribution is 6.29. The number of allylic oxidation sites excluding steroid dienone is 6. The van der Waals surface area contributed by atoms with Crippen LogP contribution in [0.25, 0.3) is 44.1 Å². The molecule has 2 aliphatic carbocycles. The van der Waals surface area contributed by atoms with Crippen molar-refractivity contribution in [3.63, 3.8) is 0 Å². The summed E-state index contributed by atoms with van der Waals surface area (Å²) in [6, 6.07) is 16.6. The van der Waals surface area contributed by atoms with Gasteiger partial charge in [0.05, 0.1) is 0 Å². The SMILES string of the molecule is CC1=CC(C)=C(CNC(=O)c2cc(-c3ccc(Cl)nc3)cc3c2c(C)cn3C(C)C)C(=O)C1.CC1=CC(C)=C(CNC(=O)c2cc(-c3ccc(N4CCN(C(=O)OC(C)(C)C)C[C@H]4C)nc3)cc3c2c(C)cn3C(C)C)C(=O)C1.C[C@@H]1CN(C(=O)OC(C)(C)C)CCN1. The summed E-state index contributed by atoms with van der Waals surface area (Å²) in [4.78, 5) is 91.5. The fraction of sp³-hybridized carbons (Fsp3) is 0.459. The average Bonchev–Trinajstić information content (AvgIpc) is 1.65. The van der Waals surface area contributed by atoms with Crippen LogP contribution in [-0.2, 0) is 19.1 Å². The number of aryl methyl sites for hydroxylation is 2. The second-order valence-corrected chi connectivity index (χ2v) is 28.2. The summed E-state index contributed by atoms with van der Waals surface area (Å²) >= 11 is 5.98. The van der Waals surface area contributed by atoms with Crippen LogP contribution >= 0.6 is 11.6 Å². The van der Waals surface area contributed by atoms with E-state index in [-0.39, 0.29) is 66.8 Å². The highest BCUT2D eigenvalue weighted by Crippen LogP contribution is 2.36. The van der Waals surface area contributed by atoms with Crippen LogP contribution in [0.3, 0.4) is 0 Å². The van der Waals surface area contributed by atoms with Gasteiger partial charge in [-0.15, -0.1) is 0 Å². The molecule has 10 rings (SSSR count). The van der Waals surface area contributed by atoms with E-state index in [1.807, 2.05) is 132 Å². The second-order valence-electron chi connectivity index (χ2n) is 27.9. The number of pyridine rings is 2. The molecule has 0 bridgehead atoms. The van der Waals surface area contributed by atoms with Crippen LogP contribution in [0.15, 0.2) is 119 Å². The monoisotopic (exact) mass is 1290 g/mol. The number of anilines is 1. The highest BCUT2D eigenvalue weighted by Gasteiger charge is 2.32. The lowest BCUT2D eigenvalue weighted by Gasteiger charge is -2.40. The minimum absolute atomic E-state index is 0.0607. The first-order valence-corrected chi connectivity index (χ1v) is 32.8.